The number of nitrogens with zero attached hydrogens (tertiary/aromatic N) is 1. The first kappa shape index (κ1) is 15.1. The quantitative estimate of drug-likeness (QED) is 0.378. The van der Waals surface area contributed by atoms with Crippen LogP contribution in [0.1, 0.15) is 32.1 Å². The van der Waals surface area contributed by atoms with Crippen LogP contribution in [0.3, 0.4) is 0 Å². The minimum atomic E-state index is 0. The largest absolute Gasteiger partial charge is 1.00 e. The molecule has 0 radical (unpaired) electrons. The van der Waals surface area contributed by atoms with E-state index in [2.05, 4.69) is 31.6 Å². The summed E-state index contributed by atoms with van der Waals surface area (Å²) in [5.41, 5.74) is 0. The van der Waals surface area contributed by atoms with Gasteiger partial charge in [-0.3, -0.25) is 4.48 Å². The van der Waals surface area contributed by atoms with E-state index in [0.29, 0.717) is 6.61 Å². The number of halogens is 1. The fourth-order valence-corrected chi connectivity index (χ4v) is 1.79. The maximum atomic E-state index is 8.62. The molecule has 0 aromatic heterocycles. The third-order valence-electron chi connectivity index (χ3n) is 2.76. The van der Waals surface area contributed by atoms with Gasteiger partial charge in [-0.15, -0.1) is 0 Å². The monoisotopic (exact) mass is 323 g/mol. The molecule has 0 saturated heterocycles. The number of hydrogen-bond donors (Lipinski definition) is 1. The van der Waals surface area contributed by atoms with Crippen molar-refractivity contribution >= 4 is 0 Å². The van der Waals surface area contributed by atoms with Crippen molar-refractivity contribution in [2.24, 2.45) is 0 Å². The Balaban J connectivity index is 0.00000196. The van der Waals surface area contributed by atoms with E-state index in [1.807, 2.05) is 0 Å². The topological polar surface area (TPSA) is 20.2 Å². The second kappa shape index (κ2) is 8.30. The molecule has 1 aliphatic rings. The van der Waals surface area contributed by atoms with E-state index in [1.165, 1.54) is 32.2 Å². The predicted molar refractivity (Wildman–Crippen MR) is 59.5 cm³/mol. The van der Waals surface area contributed by atoms with Crippen molar-refractivity contribution in [3.8, 4) is 0 Å². The van der Waals surface area contributed by atoms with Crippen LogP contribution >= 0.6 is 0 Å². The van der Waals surface area contributed by atoms with Crippen molar-refractivity contribution in [3.05, 3.63) is 24.6 Å². The van der Waals surface area contributed by atoms with Crippen LogP contribution in [0.4, 0.5) is 0 Å². The van der Waals surface area contributed by atoms with Gasteiger partial charge in [0.15, 0.2) is 0 Å². The average Bonchev–Trinajstić information content (AvgIpc) is 2.59. The molecule has 1 N–H and O–H groups in total. The molecule has 0 bridgehead atoms. The van der Waals surface area contributed by atoms with Crippen LogP contribution < -0.4 is 24.0 Å². The number of aliphatic hydroxyl groups is 1. The van der Waals surface area contributed by atoms with Crippen LogP contribution in [0, 0.1) is 0 Å². The molecule has 0 saturated carbocycles. The molecule has 0 fully saturated rings. The van der Waals surface area contributed by atoms with Crippen molar-refractivity contribution in [1.82, 2.24) is 0 Å². The van der Waals surface area contributed by atoms with Gasteiger partial charge in [0.25, 0.3) is 0 Å². The minimum absolute atomic E-state index is 0. The second-order valence-electron chi connectivity index (χ2n) is 4.24. The van der Waals surface area contributed by atoms with Gasteiger partial charge in [-0.2, -0.15) is 0 Å². The number of rotatable bonds is 7. The Kier molecular flexibility index (Phi) is 8.37. The Morgan fingerprint density at radius 3 is 2.07 bits per heavy atom. The summed E-state index contributed by atoms with van der Waals surface area (Å²) in [6, 6.07) is 0. The van der Waals surface area contributed by atoms with E-state index >= 15 is 0 Å². The van der Waals surface area contributed by atoms with E-state index in [4.69, 9.17) is 5.11 Å². The van der Waals surface area contributed by atoms with Crippen LogP contribution in [-0.4, -0.2) is 29.8 Å². The van der Waals surface area contributed by atoms with Gasteiger partial charge in [0.1, 0.15) is 12.4 Å². The summed E-state index contributed by atoms with van der Waals surface area (Å²) in [6.07, 6.45) is 14.6. The van der Waals surface area contributed by atoms with E-state index in [-0.39, 0.29) is 24.0 Å². The summed E-state index contributed by atoms with van der Waals surface area (Å²) in [6.45, 7) is 1.55. The third kappa shape index (κ3) is 6.33. The Hall–Kier alpha value is 0.130. The molecule has 0 amide bonds. The lowest BCUT2D eigenvalue weighted by Gasteiger charge is -2.22. The molecule has 0 atom stereocenters. The maximum Gasteiger partial charge on any atom is 0.100 e. The van der Waals surface area contributed by atoms with Gasteiger partial charge in [-0.1, -0.05) is 12.8 Å². The average molecular weight is 323 g/mol. The molecule has 0 unspecified atom stereocenters. The van der Waals surface area contributed by atoms with Gasteiger partial charge < -0.3 is 29.1 Å². The lowest BCUT2D eigenvalue weighted by Crippen LogP contribution is -3.00. The zero-order chi connectivity index (χ0) is 10.3. The van der Waals surface area contributed by atoms with Crippen LogP contribution in [0.2, 0.25) is 0 Å². The number of hydrogen-bond acceptors (Lipinski definition) is 1. The standard InChI is InChI=1S/C12H22NO.HI/c1-13(10-6-7-11-13)9-5-3-2-4-8-12-14;/h6-7,10-11,14H,2-5,8-9,12H2,1H3;1H/q+1;/p-1. The number of quaternary nitrogens is 1. The fraction of sp³-hybridized carbons (Fsp3) is 0.667. The van der Waals surface area contributed by atoms with Crippen molar-refractivity contribution < 1.29 is 33.6 Å². The molecule has 1 rings (SSSR count). The van der Waals surface area contributed by atoms with Gasteiger partial charge in [0, 0.05) is 6.61 Å². The molecular formula is C12H22INO. The molecule has 1 aliphatic heterocycles. The minimum Gasteiger partial charge on any atom is -1.00 e. The zero-order valence-electron chi connectivity index (χ0n) is 9.53. The molecule has 1 heterocycles. The third-order valence-corrected chi connectivity index (χ3v) is 2.76. The smallest absolute Gasteiger partial charge is 0.100 e. The van der Waals surface area contributed by atoms with E-state index in [1.54, 1.807) is 0 Å². The summed E-state index contributed by atoms with van der Waals surface area (Å²) in [5.74, 6) is 0. The van der Waals surface area contributed by atoms with Gasteiger partial charge in [-0.05, 0) is 31.4 Å². The Morgan fingerprint density at radius 2 is 1.47 bits per heavy atom. The fourth-order valence-electron chi connectivity index (χ4n) is 1.79. The zero-order valence-corrected chi connectivity index (χ0v) is 11.7. The lowest BCUT2D eigenvalue weighted by molar-refractivity contribution is -0.804. The van der Waals surface area contributed by atoms with E-state index in [0.717, 1.165) is 10.9 Å². The molecular weight excluding hydrogens is 301 g/mol. The Morgan fingerprint density at radius 1 is 0.933 bits per heavy atom. The van der Waals surface area contributed by atoms with Gasteiger partial charge in [-0.25, -0.2) is 0 Å². The summed E-state index contributed by atoms with van der Waals surface area (Å²) >= 11 is 0. The number of unbranched alkanes of at least 4 members (excludes halogenated alkanes) is 4. The molecule has 0 spiro atoms. The SMILES string of the molecule is C[N+]1(CCCCCCCO)C=CC=C1.[I-]. The van der Waals surface area contributed by atoms with Crippen LogP contribution in [0.15, 0.2) is 24.6 Å². The summed E-state index contributed by atoms with van der Waals surface area (Å²) < 4.78 is 0.958. The molecule has 88 valence electrons. The summed E-state index contributed by atoms with van der Waals surface area (Å²) in [7, 11) is 2.23. The molecule has 2 nitrogen and oxygen atoms in total. The van der Waals surface area contributed by atoms with Crippen molar-refractivity contribution in [3.63, 3.8) is 0 Å². The molecule has 0 aromatic carbocycles. The van der Waals surface area contributed by atoms with Gasteiger partial charge in [0.2, 0.25) is 0 Å². The maximum absolute atomic E-state index is 8.62. The van der Waals surface area contributed by atoms with Crippen LogP contribution in [0.25, 0.3) is 0 Å². The first-order chi connectivity index (χ1) is 6.77. The van der Waals surface area contributed by atoms with Crippen LogP contribution in [0.5, 0.6) is 0 Å². The van der Waals surface area contributed by atoms with E-state index < -0.39 is 0 Å². The van der Waals surface area contributed by atoms with Crippen molar-refractivity contribution in [2.45, 2.75) is 32.1 Å². The van der Waals surface area contributed by atoms with Crippen molar-refractivity contribution in [1.29, 1.82) is 0 Å². The van der Waals surface area contributed by atoms with Crippen LogP contribution in [-0.2, 0) is 0 Å². The first-order valence-corrected chi connectivity index (χ1v) is 5.60. The number of aliphatic hydroxyl groups excluding tert-OH is 1. The lowest BCUT2D eigenvalue weighted by atomic mass is 10.1. The highest BCUT2D eigenvalue weighted by molar-refractivity contribution is 5.03. The highest BCUT2D eigenvalue weighted by Gasteiger charge is 2.16. The second-order valence-corrected chi connectivity index (χ2v) is 4.24. The summed E-state index contributed by atoms with van der Waals surface area (Å²) in [4.78, 5) is 0. The van der Waals surface area contributed by atoms with Crippen molar-refractivity contribution in [2.75, 3.05) is 20.2 Å². The predicted octanol–water partition coefficient (Wildman–Crippen LogP) is -0.579. The van der Waals surface area contributed by atoms with E-state index in [9.17, 15) is 0 Å². The molecule has 0 aliphatic carbocycles. The first-order valence-electron chi connectivity index (χ1n) is 5.60. The Bertz CT molecular complexity index is 202. The molecule has 15 heavy (non-hydrogen) atoms. The van der Waals surface area contributed by atoms with Gasteiger partial charge >= 0.3 is 0 Å². The molecule has 3 heteroatoms. The highest BCUT2D eigenvalue weighted by Crippen LogP contribution is 2.14. The Labute approximate surface area is 110 Å². The molecule has 0 aromatic rings. The highest BCUT2D eigenvalue weighted by atomic mass is 127. The number of allylic oxidation sites excluding steroid dienone is 2. The normalized spacial score (nSPS) is 16.7. The van der Waals surface area contributed by atoms with Gasteiger partial charge in [0.05, 0.1) is 13.6 Å². The summed E-state index contributed by atoms with van der Waals surface area (Å²) in [5, 5.41) is 8.62.